The van der Waals surface area contributed by atoms with Crippen molar-refractivity contribution in [1.29, 1.82) is 0 Å². The Labute approximate surface area is 181 Å². The van der Waals surface area contributed by atoms with Gasteiger partial charge in [-0.2, -0.15) is 0 Å². The third-order valence-electron chi connectivity index (χ3n) is 5.64. The molecule has 0 fully saturated rings. The summed E-state index contributed by atoms with van der Waals surface area (Å²) >= 11 is 1.45. The van der Waals surface area contributed by atoms with Crippen molar-refractivity contribution in [3.63, 3.8) is 0 Å². The maximum absolute atomic E-state index is 13.0. The summed E-state index contributed by atoms with van der Waals surface area (Å²) in [5.41, 5.74) is 4.31. The van der Waals surface area contributed by atoms with E-state index in [1.807, 2.05) is 20.0 Å². The lowest BCUT2D eigenvalue weighted by Gasteiger charge is -2.33. The lowest BCUT2D eigenvalue weighted by Crippen LogP contribution is -2.27. The van der Waals surface area contributed by atoms with E-state index in [0.717, 1.165) is 52.7 Å². The van der Waals surface area contributed by atoms with Crippen LogP contribution in [0.4, 0.5) is 0 Å². The van der Waals surface area contributed by atoms with Crippen molar-refractivity contribution in [3.8, 4) is 27.7 Å². The molecular formula is C23H28N4O2S. The molecule has 0 saturated carbocycles. The first kappa shape index (κ1) is 20.7. The monoisotopic (exact) mass is 424 g/mol. The molecule has 0 aliphatic carbocycles. The van der Waals surface area contributed by atoms with E-state index in [1.54, 1.807) is 6.07 Å². The lowest BCUT2D eigenvalue weighted by molar-refractivity contribution is 0.304. The number of aromatic nitrogens is 4. The number of fused-ring (bicyclic) bond motifs is 3. The Hall–Kier alpha value is -2.54. The van der Waals surface area contributed by atoms with Crippen LogP contribution in [-0.2, 0) is 6.42 Å². The van der Waals surface area contributed by atoms with Gasteiger partial charge in [-0.1, -0.05) is 38.5 Å². The van der Waals surface area contributed by atoms with Gasteiger partial charge in [0.15, 0.2) is 10.4 Å². The average molecular weight is 425 g/mol. The molecule has 3 aromatic heterocycles. The molecule has 1 aliphatic rings. The van der Waals surface area contributed by atoms with Crippen LogP contribution in [0, 0.1) is 19.8 Å². The summed E-state index contributed by atoms with van der Waals surface area (Å²) in [6.45, 7) is 11.2. The Morgan fingerprint density at radius 2 is 2.07 bits per heavy atom. The molecule has 0 unspecified atom stereocenters. The van der Waals surface area contributed by atoms with Crippen LogP contribution in [0.1, 0.15) is 55.9 Å². The van der Waals surface area contributed by atoms with Crippen LogP contribution in [0.25, 0.3) is 22.0 Å². The maximum atomic E-state index is 13.0. The van der Waals surface area contributed by atoms with Gasteiger partial charge in [-0.3, -0.25) is 4.79 Å². The molecule has 0 spiro atoms. The van der Waals surface area contributed by atoms with E-state index in [0.29, 0.717) is 23.1 Å². The molecule has 3 aromatic rings. The third-order valence-corrected chi connectivity index (χ3v) is 6.51. The lowest BCUT2D eigenvalue weighted by atomic mass is 9.89. The molecule has 0 amide bonds. The van der Waals surface area contributed by atoms with Gasteiger partial charge in [0.2, 0.25) is 0 Å². The second-order valence-corrected chi connectivity index (χ2v) is 9.45. The summed E-state index contributed by atoms with van der Waals surface area (Å²) in [7, 11) is 0. The van der Waals surface area contributed by atoms with Crippen molar-refractivity contribution in [2.24, 2.45) is 5.92 Å². The van der Waals surface area contributed by atoms with Crippen molar-refractivity contribution < 1.29 is 4.74 Å². The Balaban J connectivity index is 1.84. The van der Waals surface area contributed by atoms with Crippen LogP contribution in [0.3, 0.4) is 0 Å². The average Bonchev–Trinajstić information content (AvgIpc) is 3.13. The van der Waals surface area contributed by atoms with Crippen LogP contribution in [0.15, 0.2) is 23.1 Å². The predicted octanol–water partition coefficient (Wildman–Crippen LogP) is 4.98. The van der Waals surface area contributed by atoms with Crippen molar-refractivity contribution in [2.75, 3.05) is 6.61 Å². The number of hydrogen-bond donors (Lipinski definition) is 0. The van der Waals surface area contributed by atoms with E-state index in [9.17, 15) is 4.79 Å². The first-order chi connectivity index (χ1) is 14.4. The van der Waals surface area contributed by atoms with Crippen molar-refractivity contribution in [3.05, 3.63) is 44.8 Å². The van der Waals surface area contributed by atoms with Crippen LogP contribution < -0.4 is 10.2 Å². The van der Waals surface area contributed by atoms with Gasteiger partial charge < -0.3 is 9.30 Å². The Bertz CT molecular complexity index is 1130. The fourth-order valence-corrected chi connectivity index (χ4v) is 4.64. The number of ether oxygens (including phenoxy) is 1. The summed E-state index contributed by atoms with van der Waals surface area (Å²) in [5.74, 6) is 1.25. The molecule has 158 valence electrons. The number of nitrogens with zero attached hydrogens (tertiary/aromatic N) is 4. The molecule has 0 saturated heterocycles. The Morgan fingerprint density at radius 3 is 2.73 bits per heavy atom. The molecular weight excluding hydrogens is 396 g/mol. The van der Waals surface area contributed by atoms with Gasteiger partial charge in [-0.25, -0.2) is 4.98 Å². The highest BCUT2D eigenvalue weighted by Gasteiger charge is 2.29. The van der Waals surface area contributed by atoms with E-state index in [1.165, 1.54) is 11.3 Å². The fraction of sp³-hybridized carbons (Fsp3) is 0.478. The molecule has 1 aliphatic heterocycles. The molecule has 4 rings (SSSR count). The van der Waals surface area contributed by atoms with Gasteiger partial charge >= 0.3 is 0 Å². The maximum Gasteiger partial charge on any atom is 0.192 e. The smallest absolute Gasteiger partial charge is 0.192 e. The summed E-state index contributed by atoms with van der Waals surface area (Å²) in [4.78, 5) is 17.9. The predicted molar refractivity (Wildman–Crippen MR) is 120 cm³/mol. The van der Waals surface area contributed by atoms with E-state index in [4.69, 9.17) is 9.72 Å². The molecule has 6 nitrogen and oxygen atoms in total. The largest absolute Gasteiger partial charge is 0.492 e. The minimum Gasteiger partial charge on any atom is -0.492 e. The topological polar surface area (TPSA) is 69.9 Å². The quantitative estimate of drug-likeness (QED) is 0.522. The van der Waals surface area contributed by atoms with Crippen LogP contribution in [0.2, 0.25) is 0 Å². The highest BCUT2D eigenvalue weighted by Crippen LogP contribution is 2.39. The van der Waals surface area contributed by atoms with E-state index in [-0.39, 0.29) is 11.5 Å². The van der Waals surface area contributed by atoms with Crippen molar-refractivity contribution >= 4 is 11.3 Å². The zero-order valence-corrected chi connectivity index (χ0v) is 19.0. The highest BCUT2D eigenvalue weighted by atomic mass is 32.1. The van der Waals surface area contributed by atoms with Crippen molar-refractivity contribution in [1.82, 2.24) is 19.7 Å². The van der Waals surface area contributed by atoms with Crippen LogP contribution >= 0.6 is 11.3 Å². The highest BCUT2D eigenvalue weighted by molar-refractivity contribution is 7.14. The molecule has 4 heterocycles. The van der Waals surface area contributed by atoms with E-state index in [2.05, 4.69) is 41.6 Å². The second-order valence-electron chi connectivity index (χ2n) is 8.27. The molecule has 0 radical (unpaired) electrons. The molecule has 30 heavy (non-hydrogen) atoms. The minimum absolute atomic E-state index is 0.0459. The van der Waals surface area contributed by atoms with Gasteiger partial charge in [0.1, 0.15) is 10.8 Å². The van der Waals surface area contributed by atoms with Crippen molar-refractivity contribution in [2.45, 2.75) is 59.9 Å². The SMILES string of the molecule is CCCCOc1cc2c(nc1C)-c1cc(=O)c(-c3nnc(C)s3)cn1[C@H](C(C)C)C2. The Morgan fingerprint density at radius 1 is 1.27 bits per heavy atom. The zero-order valence-electron chi connectivity index (χ0n) is 18.2. The van der Waals surface area contributed by atoms with Crippen LogP contribution in [0.5, 0.6) is 5.75 Å². The van der Waals surface area contributed by atoms with Gasteiger partial charge in [-0.05, 0) is 44.2 Å². The molecule has 0 N–H and O–H groups in total. The standard InChI is InChI=1S/C23H28N4O2S/c1-6-7-8-29-21-10-16-9-18(13(2)3)27-12-17(23-26-25-15(5)30-23)20(28)11-19(27)22(16)24-14(21)4/h10-13,18H,6-9H2,1-5H3/t18-/m0/s1. The van der Waals surface area contributed by atoms with Gasteiger partial charge in [0.25, 0.3) is 0 Å². The molecule has 0 aromatic carbocycles. The number of aryl methyl sites for hydroxylation is 2. The molecule has 7 heteroatoms. The second kappa shape index (κ2) is 8.30. The minimum atomic E-state index is -0.0459. The van der Waals surface area contributed by atoms with E-state index < -0.39 is 0 Å². The van der Waals surface area contributed by atoms with Gasteiger partial charge in [0, 0.05) is 18.3 Å². The number of hydrogen-bond acceptors (Lipinski definition) is 6. The van der Waals surface area contributed by atoms with Crippen LogP contribution in [-0.4, -0.2) is 26.4 Å². The summed E-state index contributed by atoms with van der Waals surface area (Å²) in [6, 6.07) is 4.07. The fourth-order valence-electron chi connectivity index (χ4n) is 3.94. The molecule has 0 bridgehead atoms. The summed E-state index contributed by atoms with van der Waals surface area (Å²) in [5, 5.41) is 9.80. The normalized spacial score (nSPS) is 15.2. The summed E-state index contributed by atoms with van der Waals surface area (Å²) in [6.07, 6.45) is 4.93. The van der Waals surface area contributed by atoms with E-state index >= 15 is 0 Å². The first-order valence-corrected chi connectivity index (χ1v) is 11.4. The van der Waals surface area contributed by atoms with Gasteiger partial charge in [0.05, 0.1) is 29.3 Å². The Kier molecular flexibility index (Phi) is 5.73. The number of pyridine rings is 2. The summed E-state index contributed by atoms with van der Waals surface area (Å²) < 4.78 is 8.20. The molecule has 1 atom stereocenters. The number of unbranched alkanes of at least 4 members (excludes halogenated alkanes) is 1. The number of rotatable bonds is 6. The third kappa shape index (κ3) is 3.78. The zero-order chi connectivity index (χ0) is 21.4. The first-order valence-electron chi connectivity index (χ1n) is 10.6. The van der Waals surface area contributed by atoms with Gasteiger partial charge in [-0.15, -0.1) is 10.2 Å².